The largest absolute Gasteiger partial charge is 0.497 e. The molecule has 3 heterocycles. The number of nitrogens with one attached hydrogen (secondary N) is 1. The van der Waals surface area contributed by atoms with Crippen molar-refractivity contribution in [2.45, 2.75) is 17.8 Å². The summed E-state index contributed by atoms with van der Waals surface area (Å²) in [6, 6.07) is 11.8. The van der Waals surface area contributed by atoms with Crippen molar-refractivity contribution in [2.75, 3.05) is 7.11 Å². The van der Waals surface area contributed by atoms with Crippen molar-refractivity contribution < 1.29 is 4.74 Å². The van der Waals surface area contributed by atoms with E-state index >= 15 is 0 Å². The van der Waals surface area contributed by atoms with E-state index < -0.39 is 0 Å². The van der Waals surface area contributed by atoms with E-state index in [1.807, 2.05) is 47.1 Å². The van der Waals surface area contributed by atoms with Gasteiger partial charge in [0.05, 0.1) is 12.8 Å². The zero-order valence-electron chi connectivity index (χ0n) is 13.9. The van der Waals surface area contributed by atoms with Gasteiger partial charge >= 0.3 is 0 Å². The minimum Gasteiger partial charge on any atom is -0.497 e. The summed E-state index contributed by atoms with van der Waals surface area (Å²) in [5.74, 6) is 2.29. The van der Waals surface area contributed by atoms with E-state index in [1.54, 1.807) is 18.9 Å². The van der Waals surface area contributed by atoms with Gasteiger partial charge in [-0.1, -0.05) is 17.8 Å². The zero-order valence-corrected chi connectivity index (χ0v) is 14.7. The highest BCUT2D eigenvalue weighted by Crippen LogP contribution is 2.24. The van der Waals surface area contributed by atoms with E-state index in [9.17, 15) is 0 Å². The summed E-state index contributed by atoms with van der Waals surface area (Å²) < 4.78 is 7.22. The summed E-state index contributed by atoms with van der Waals surface area (Å²) in [5, 5.41) is 7.97. The van der Waals surface area contributed by atoms with Gasteiger partial charge in [0.2, 0.25) is 5.16 Å². The number of aromatic amines is 1. The molecule has 0 aliphatic rings. The molecule has 0 saturated carbocycles. The van der Waals surface area contributed by atoms with E-state index in [-0.39, 0.29) is 0 Å². The number of pyridine rings is 1. The summed E-state index contributed by atoms with van der Waals surface area (Å²) in [6.07, 6.45) is 4.06. The Hall–Kier alpha value is -2.80. The molecule has 1 N–H and O–H groups in total. The molecule has 6 nitrogen and oxygen atoms in total. The van der Waals surface area contributed by atoms with Gasteiger partial charge in [-0.3, -0.25) is 5.10 Å². The summed E-state index contributed by atoms with van der Waals surface area (Å²) in [4.78, 5) is 9.22. The van der Waals surface area contributed by atoms with Crippen LogP contribution >= 0.6 is 11.8 Å². The Morgan fingerprint density at radius 1 is 1.16 bits per heavy atom. The first-order valence-corrected chi connectivity index (χ1v) is 8.84. The van der Waals surface area contributed by atoms with Gasteiger partial charge in [-0.25, -0.2) is 9.97 Å². The molecule has 0 aliphatic carbocycles. The van der Waals surface area contributed by atoms with Gasteiger partial charge in [0.1, 0.15) is 11.4 Å². The Bertz CT molecular complexity index is 1010. The average Bonchev–Trinajstić information content (AvgIpc) is 3.27. The van der Waals surface area contributed by atoms with Crippen molar-refractivity contribution in [1.82, 2.24) is 24.6 Å². The highest BCUT2D eigenvalue weighted by molar-refractivity contribution is 7.98. The van der Waals surface area contributed by atoms with Crippen LogP contribution in [-0.4, -0.2) is 31.7 Å². The Kier molecular flexibility index (Phi) is 4.15. The molecule has 0 atom stereocenters. The lowest BCUT2D eigenvalue weighted by Crippen LogP contribution is -1.84. The van der Waals surface area contributed by atoms with E-state index in [0.717, 1.165) is 34.2 Å². The van der Waals surface area contributed by atoms with Gasteiger partial charge in [-0.15, -0.1) is 5.10 Å². The average molecular weight is 351 g/mol. The molecule has 0 fully saturated rings. The topological polar surface area (TPSA) is 68.1 Å². The number of imidazole rings is 1. The summed E-state index contributed by atoms with van der Waals surface area (Å²) in [7, 11) is 1.65. The van der Waals surface area contributed by atoms with Crippen LogP contribution in [0.3, 0.4) is 0 Å². The third-order valence-electron chi connectivity index (χ3n) is 3.91. The van der Waals surface area contributed by atoms with Crippen molar-refractivity contribution in [1.29, 1.82) is 0 Å². The maximum absolute atomic E-state index is 5.17. The fraction of sp³-hybridized carbons (Fsp3) is 0.167. The number of aryl methyl sites for hydroxylation is 1. The molecule has 0 amide bonds. The van der Waals surface area contributed by atoms with Crippen LogP contribution in [-0.2, 0) is 5.75 Å². The predicted molar refractivity (Wildman–Crippen MR) is 97.9 cm³/mol. The molecule has 1 aromatic carbocycles. The molecule has 0 bridgehead atoms. The minimum atomic E-state index is 0.708. The van der Waals surface area contributed by atoms with E-state index in [1.165, 1.54) is 5.56 Å². The number of rotatable bonds is 5. The van der Waals surface area contributed by atoms with E-state index in [0.29, 0.717) is 5.16 Å². The second-order valence-corrected chi connectivity index (χ2v) is 6.58. The maximum atomic E-state index is 5.17. The lowest BCUT2D eigenvalue weighted by Gasteiger charge is -1.99. The molecule has 0 spiro atoms. The molecule has 4 aromatic rings. The Labute approximate surface area is 149 Å². The summed E-state index contributed by atoms with van der Waals surface area (Å²) in [6.45, 7) is 2.07. The van der Waals surface area contributed by atoms with Crippen LogP contribution in [0.5, 0.6) is 5.75 Å². The summed E-state index contributed by atoms with van der Waals surface area (Å²) >= 11 is 1.56. The standard InChI is InChI=1S/C18H17N5OS/c1-12-4-3-9-23-10-14(19-17(12)23)11-25-18-20-16(21-22-18)13-5-7-15(24-2)8-6-13/h3-10H,11H2,1-2H3,(H,20,21,22). The highest BCUT2D eigenvalue weighted by atomic mass is 32.2. The lowest BCUT2D eigenvalue weighted by atomic mass is 10.2. The number of H-pyrrole nitrogens is 1. The predicted octanol–water partition coefficient (Wildman–Crippen LogP) is 3.73. The van der Waals surface area contributed by atoms with Crippen LogP contribution in [0.1, 0.15) is 11.3 Å². The highest BCUT2D eigenvalue weighted by Gasteiger charge is 2.09. The second kappa shape index (κ2) is 6.60. The first-order valence-electron chi connectivity index (χ1n) is 7.86. The van der Waals surface area contributed by atoms with Crippen LogP contribution < -0.4 is 4.74 Å². The quantitative estimate of drug-likeness (QED) is 0.555. The number of fused-ring (bicyclic) bond motifs is 1. The number of hydrogen-bond acceptors (Lipinski definition) is 5. The molecule has 0 radical (unpaired) electrons. The molecule has 0 unspecified atom stereocenters. The lowest BCUT2D eigenvalue weighted by molar-refractivity contribution is 0.415. The number of aromatic nitrogens is 5. The molecule has 0 aliphatic heterocycles. The molecule has 3 aromatic heterocycles. The molecule has 7 heteroatoms. The zero-order chi connectivity index (χ0) is 17.2. The van der Waals surface area contributed by atoms with E-state index in [4.69, 9.17) is 4.74 Å². The van der Waals surface area contributed by atoms with Gasteiger partial charge < -0.3 is 9.14 Å². The molecular weight excluding hydrogens is 334 g/mol. The van der Waals surface area contributed by atoms with Crippen molar-refractivity contribution in [3.63, 3.8) is 0 Å². The SMILES string of the molecule is COc1ccc(-c2nc(SCc3cn4cccc(C)c4n3)n[nH]2)cc1. The Morgan fingerprint density at radius 3 is 2.76 bits per heavy atom. The van der Waals surface area contributed by atoms with Crippen molar-refractivity contribution in [3.8, 4) is 17.1 Å². The van der Waals surface area contributed by atoms with E-state index in [2.05, 4.69) is 33.2 Å². The first kappa shape index (κ1) is 15.7. The Balaban J connectivity index is 1.47. The van der Waals surface area contributed by atoms with Crippen LogP contribution in [0, 0.1) is 6.92 Å². The van der Waals surface area contributed by atoms with Crippen molar-refractivity contribution in [3.05, 3.63) is 60.0 Å². The number of nitrogens with zero attached hydrogens (tertiary/aromatic N) is 4. The number of methoxy groups -OCH3 is 1. The van der Waals surface area contributed by atoms with Crippen molar-refractivity contribution >= 4 is 17.4 Å². The van der Waals surface area contributed by atoms with Crippen LogP contribution in [0.15, 0.2) is 53.9 Å². The van der Waals surface area contributed by atoms with Crippen LogP contribution in [0.2, 0.25) is 0 Å². The van der Waals surface area contributed by atoms with Gasteiger partial charge in [0.25, 0.3) is 0 Å². The Morgan fingerprint density at radius 2 is 2.00 bits per heavy atom. The molecular formula is C18H17N5OS. The molecule has 0 saturated heterocycles. The maximum Gasteiger partial charge on any atom is 0.209 e. The van der Waals surface area contributed by atoms with Crippen LogP contribution in [0.25, 0.3) is 17.0 Å². The third-order valence-corrected chi connectivity index (χ3v) is 4.79. The fourth-order valence-corrected chi connectivity index (χ4v) is 3.28. The fourth-order valence-electron chi connectivity index (χ4n) is 2.60. The summed E-state index contributed by atoms with van der Waals surface area (Å²) in [5.41, 5.74) is 4.14. The minimum absolute atomic E-state index is 0.708. The van der Waals surface area contributed by atoms with Crippen molar-refractivity contribution in [2.24, 2.45) is 0 Å². The number of hydrogen-bond donors (Lipinski definition) is 1. The van der Waals surface area contributed by atoms with Gasteiger partial charge in [0.15, 0.2) is 5.82 Å². The second-order valence-electron chi connectivity index (χ2n) is 5.64. The van der Waals surface area contributed by atoms with Crippen LogP contribution in [0.4, 0.5) is 0 Å². The number of thioether (sulfide) groups is 1. The van der Waals surface area contributed by atoms with Gasteiger partial charge in [-0.2, -0.15) is 0 Å². The van der Waals surface area contributed by atoms with Gasteiger partial charge in [0, 0.05) is 23.7 Å². The third kappa shape index (κ3) is 3.23. The smallest absolute Gasteiger partial charge is 0.209 e. The molecule has 126 valence electrons. The molecule has 4 rings (SSSR count). The molecule has 25 heavy (non-hydrogen) atoms. The normalized spacial score (nSPS) is 11.1. The monoisotopic (exact) mass is 351 g/mol. The first-order chi connectivity index (χ1) is 12.2. The van der Waals surface area contributed by atoms with Gasteiger partial charge in [-0.05, 0) is 42.8 Å². The number of ether oxygens (including phenoxy) is 1. The number of benzene rings is 1.